The Morgan fingerprint density at radius 2 is 1.66 bits per heavy atom. The van der Waals surface area contributed by atoms with E-state index in [1.807, 2.05) is 25.1 Å². The molecule has 7 heteroatoms. The Labute approximate surface area is 180 Å². The van der Waals surface area contributed by atoms with Gasteiger partial charge in [-0.3, -0.25) is 19.4 Å². The Hall–Kier alpha value is -2.22. The van der Waals surface area contributed by atoms with Crippen LogP contribution in [-0.4, -0.2) is 60.9 Å². The molecule has 29 heavy (non-hydrogen) atoms. The molecule has 1 saturated heterocycles. The Balaban J connectivity index is 1.34. The lowest BCUT2D eigenvalue weighted by atomic mass is 10.2. The zero-order valence-electron chi connectivity index (χ0n) is 16.7. The summed E-state index contributed by atoms with van der Waals surface area (Å²) in [4.78, 5) is 28.8. The lowest BCUT2D eigenvalue weighted by molar-refractivity contribution is -0.136. The summed E-state index contributed by atoms with van der Waals surface area (Å²) in [7, 11) is 0. The van der Waals surface area contributed by atoms with Crippen molar-refractivity contribution in [3.8, 4) is 0 Å². The van der Waals surface area contributed by atoms with E-state index >= 15 is 0 Å². The van der Waals surface area contributed by atoms with Crippen molar-refractivity contribution in [2.45, 2.75) is 13.5 Å². The third kappa shape index (κ3) is 6.66. The summed E-state index contributed by atoms with van der Waals surface area (Å²) in [6.45, 7) is 8.05. The maximum absolute atomic E-state index is 12.1. The molecule has 0 atom stereocenters. The molecule has 154 valence electrons. The number of aryl methyl sites for hydroxylation is 1. The Morgan fingerprint density at radius 3 is 2.34 bits per heavy atom. The first kappa shape index (κ1) is 21.5. The summed E-state index contributed by atoms with van der Waals surface area (Å²) in [5.41, 5.74) is 2.94. The van der Waals surface area contributed by atoms with E-state index in [0.717, 1.165) is 49.3 Å². The van der Waals surface area contributed by atoms with Gasteiger partial charge in [-0.25, -0.2) is 0 Å². The Kier molecular flexibility index (Phi) is 7.80. The van der Waals surface area contributed by atoms with Crippen LogP contribution < -0.4 is 10.6 Å². The number of carbonyl (C=O) groups excluding carboxylic acids is 2. The fraction of sp³-hybridized carbons (Fsp3) is 0.364. The van der Waals surface area contributed by atoms with Crippen LogP contribution in [0, 0.1) is 6.92 Å². The summed E-state index contributed by atoms with van der Waals surface area (Å²) >= 11 is 3.42. The van der Waals surface area contributed by atoms with Crippen LogP contribution in [0.5, 0.6) is 0 Å². The van der Waals surface area contributed by atoms with Gasteiger partial charge in [-0.2, -0.15) is 0 Å². The number of halogens is 1. The molecule has 0 aromatic heterocycles. The second-order valence-electron chi connectivity index (χ2n) is 7.28. The lowest BCUT2D eigenvalue weighted by Gasteiger charge is -2.34. The quantitative estimate of drug-likeness (QED) is 0.653. The standard InChI is InChI=1S/C22H27BrN4O2/c1-17-15-19(7-8-20(17)23)25-22(29)21(28)24-9-10-26-11-13-27(14-12-26)16-18-5-3-2-4-6-18/h2-8,15H,9-14,16H2,1H3,(H,24,28)(H,25,29). The second-order valence-corrected chi connectivity index (χ2v) is 8.13. The maximum Gasteiger partial charge on any atom is 0.313 e. The predicted octanol–water partition coefficient (Wildman–Crippen LogP) is 2.63. The molecular weight excluding hydrogens is 432 g/mol. The van der Waals surface area contributed by atoms with Crippen molar-refractivity contribution >= 4 is 33.4 Å². The third-order valence-electron chi connectivity index (χ3n) is 5.05. The van der Waals surface area contributed by atoms with E-state index in [2.05, 4.69) is 60.6 Å². The average Bonchev–Trinajstić information content (AvgIpc) is 2.72. The Morgan fingerprint density at radius 1 is 0.966 bits per heavy atom. The zero-order chi connectivity index (χ0) is 20.6. The minimum Gasteiger partial charge on any atom is -0.347 e. The van der Waals surface area contributed by atoms with E-state index in [9.17, 15) is 9.59 Å². The van der Waals surface area contributed by atoms with Crippen molar-refractivity contribution in [3.63, 3.8) is 0 Å². The number of nitrogens with one attached hydrogen (secondary N) is 2. The van der Waals surface area contributed by atoms with Crippen molar-refractivity contribution in [2.24, 2.45) is 0 Å². The topological polar surface area (TPSA) is 64.7 Å². The molecule has 1 fully saturated rings. The molecular formula is C22H27BrN4O2. The largest absolute Gasteiger partial charge is 0.347 e. The summed E-state index contributed by atoms with van der Waals surface area (Å²) in [6.07, 6.45) is 0. The van der Waals surface area contributed by atoms with Gasteiger partial charge in [0.15, 0.2) is 0 Å². The number of anilines is 1. The van der Waals surface area contributed by atoms with E-state index < -0.39 is 11.8 Å². The van der Waals surface area contributed by atoms with Crippen molar-refractivity contribution in [3.05, 3.63) is 64.1 Å². The highest BCUT2D eigenvalue weighted by molar-refractivity contribution is 9.10. The molecule has 0 saturated carbocycles. The highest BCUT2D eigenvalue weighted by atomic mass is 79.9. The molecule has 1 aliphatic rings. The molecule has 0 bridgehead atoms. The molecule has 0 radical (unpaired) electrons. The first-order valence-electron chi connectivity index (χ1n) is 9.85. The molecule has 1 heterocycles. The van der Waals surface area contributed by atoms with Gasteiger partial charge in [0.2, 0.25) is 0 Å². The number of benzene rings is 2. The van der Waals surface area contributed by atoms with Gasteiger partial charge < -0.3 is 10.6 Å². The predicted molar refractivity (Wildman–Crippen MR) is 119 cm³/mol. The second kappa shape index (κ2) is 10.5. The summed E-state index contributed by atoms with van der Waals surface area (Å²) in [5.74, 6) is -1.24. The van der Waals surface area contributed by atoms with Gasteiger partial charge in [0.25, 0.3) is 0 Å². The fourth-order valence-corrected chi connectivity index (χ4v) is 3.58. The van der Waals surface area contributed by atoms with Gasteiger partial charge in [0, 0.05) is 56.0 Å². The molecule has 3 rings (SSSR count). The molecule has 0 spiro atoms. The van der Waals surface area contributed by atoms with Gasteiger partial charge in [0.05, 0.1) is 0 Å². The summed E-state index contributed by atoms with van der Waals surface area (Å²) in [5, 5.41) is 5.35. The van der Waals surface area contributed by atoms with Crippen molar-refractivity contribution in [1.82, 2.24) is 15.1 Å². The average molecular weight is 459 g/mol. The maximum atomic E-state index is 12.1. The molecule has 1 aliphatic heterocycles. The highest BCUT2D eigenvalue weighted by Crippen LogP contribution is 2.19. The van der Waals surface area contributed by atoms with E-state index in [1.54, 1.807) is 6.07 Å². The van der Waals surface area contributed by atoms with E-state index in [4.69, 9.17) is 0 Å². The lowest BCUT2D eigenvalue weighted by Crippen LogP contribution is -2.48. The molecule has 2 aromatic rings. The number of amides is 2. The van der Waals surface area contributed by atoms with Crippen LogP contribution in [0.4, 0.5) is 5.69 Å². The van der Waals surface area contributed by atoms with Crippen LogP contribution in [0.25, 0.3) is 0 Å². The van der Waals surface area contributed by atoms with Crippen LogP contribution in [0.2, 0.25) is 0 Å². The normalized spacial score (nSPS) is 15.1. The number of piperazine rings is 1. The van der Waals surface area contributed by atoms with Crippen LogP contribution in [0.1, 0.15) is 11.1 Å². The number of hydrogen-bond acceptors (Lipinski definition) is 4. The van der Waals surface area contributed by atoms with E-state index in [-0.39, 0.29) is 0 Å². The van der Waals surface area contributed by atoms with Crippen LogP contribution in [0.15, 0.2) is 53.0 Å². The third-order valence-corrected chi connectivity index (χ3v) is 5.94. The number of carbonyl (C=O) groups is 2. The minimum atomic E-state index is -0.639. The Bertz CT molecular complexity index is 836. The first-order valence-corrected chi connectivity index (χ1v) is 10.6. The van der Waals surface area contributed by atoms with Gasteiger partial charge in [0.1, 0.15) is 0 Å². The molecule has 0 unspecified atom stereocenters. The summed E-state index contributed by atoms with van der Waals surface area (Å²) < 4.78 is 0.962. The van der Waals surface area contributed by atoms with Crippen molar-refractivity contribution in [1.29, 1.82) is 0 Å². The fourth-order valence-electron chi connectivity index (χ4n) is 3.33. The first-order chi connectivity index (χ1) is 14.0. The van der Waals surface area contributed by atoms with Crippen molar-refractivity contribution < 1.29 is 9.59 Å². The van der Waals surface area contributed by atoms with Gasteiger partial charge >= 0.3 is 11.8 Å². The van der Waals surface area contributed by atoms with E-state index in [1.165, 1.54) is 5.56 Å². The van der Waals surface area contributed by atoms with Crippen LogP contribution >= 0.6 is 15.9 Å². The minimum absolute atomic E-state index is 0.463. The SMILES string of the molecule is Cc1cc(NC(=O)C(=O)NCCN2CCN(Cc3ccccc3)CC2)ccc1Br. The highest BCUT2D eigenvalue weighted by Gasteiger charge is 2.18. The number of hydrogen-bond donors (Lipinski definition) is 2. The van der Waals surface area contributed by atoms with Crippen molar-refractivity contribution in [2.75, 3.05) is 44.6 Å². The van der Waals surface area contributed by atoms with Gasteiger partial charge in [-0.05, 0) is 36.2 Å². The number of nitrogens with zero attached hydrogens (tertiary/aromatic N) is 2. The summed E-state index contributed by atoms with van der Waals surface area (Å²) in [6, 6.07) is 15.9. The van der Waals surface area contributed by atoms with Gasteiger partial charge in [-0.1, -0.05) is 46.3 Å². The van der Waals surface area contributed by atoms with E-state index in [0.29, 0.717) is 12.2 Å². The molecule has 2 N–H and O–H groups in total. The smallest absolute Gasteiger partial charge is 0.313 e. The molecule has 2 amide bonds. The number of rotatable bonds is 6. The van der Waals surface area contributed by atoms with Gasteiger partial charge in [-0.15, -0.1) is 0 Å². The molecule has 0 aliphatic carbocycles. The monoisotopic (exact) mass is 458 g/mol. The molecule has 2 aromatic carbocycles. The zero-order valence-corrected chi connectivity index (χ0v) is 18.2. The van der Waals surface area contributed by atoms with Crippen LogP contribution in [-0.2, 0) is 16.1 Å². The van der Waals surface area contributed by atoms with Crippen LogP contribution in [0.3, 0.4) is 0 Å². The molecule has 6 nitrogen and oxygen atoms in total.